The average molecular weight is 184 g/mol. The van der Waals surface area contributed by atoms with Crippen molar-refractivity contribution < 1.29 is 9.53 Å². The highest BCUT2D eigenvalue weighted by atomic mass is 16.5. The van der Waals surface area contributed by atoms with Crippen LogP contribution in [0.3, 0.4) is 0 Å². The van der Waals surface area contributed by atoms with Crippen molar-refractivity contribution in [1.82, 2.24) is 0 Å². The van der Waals surface area contributed by atoms with Crippen LogP contribution in [0.2, 0.25) is 0 Å². The van der Waals surface area contributed by atoms with Crippen LogP contribution in [0.1, 0.15) is 39.5 Å². The first-order valence-electron chi connectivity index (χ1n) is 4.95. The van der Waals surface area contributed by atoms with E-state index in [1.165, 1.54) is 20.0 Å². The summed E-state index contributed by atoms with van der Waals surface area (Å²) in [5, 5.41) is 0. The highest BCUT2D eigenvalue weighted by Gasteiger charge is 2.09. The Morgan fingerprint density at radius 2 is 2.15 bits per heavy atom. The molecule has 2 nitrogen and oxygen atoms in total. The van der Waals surface area contributed by atoms with Gasteiger partial charge in [-0.05, 0) is 12.8 Å². The minimum atomic E-state index is -0.125. The predicted octanol–water partition coefficient (Wildman–Crippen LogP) is 2.93. The molecule has 76 valence electrons. The molecule has 0 N–H and O–H groups in total. The molecule has 0 heterocycles. The second-order valence-electron chi connectivity index (χ2n) is 3.27. The predicted molar refractivity (Wildman–Crippen MR) is 54.5 cm³/mol. The van der Waals surface area contributed by atoms with E-state index in [4.69, 9.17) is 0 Å². The van der Waals surface area contributed by atoms with Gasteiger partial charge < -0.3 is 4.74 Å². The molecule has 0 radical (unpaired) electrons. The van der Waals surface area contributed by atoms with Gasteiger partial charge in [-0.25, -0.2) is 0 Å². The lowest BCUT2D eigenvalue weighted by Gasteiger charge is -2.04. The minimum absolute atomic E-state index is 0.0112. The van der Waals surface area contributed by atoms with Gasteiger partial charge in [-0.15, -0.1) is 0 Å². The molecule has 0 aliphatic carbocycles. The smallest absolute Gasteiger partial charge is 0.308 e. The zero-order valence-electron chi connectivity index (χ0n) is 8.88. The summed E-state index contributed by atoms with van der Waals surface area (Å²) in [5.41, 5.74) is 0. The van der Waals surface area contributed by atoms with E-state index in [9.17, 15) is 4.79 Å². The number of methoxy groups -OCH3 is 1. The van der Waals surface area contributed by atoms with Gasteiger partial charge in [0.2, 0.25) is 0 Å². The van der Waals surface area contributed by atoms with Gasteiger partial charge in [-0.3, -0.25) is 4.79 Å². The van der Waals surface area contributed by atoms with E-state index < -0.39 is 0 Å². The first-order chi connectivity index (χ1) is 6.22. The van der Waals surface area contributed by atoms with Gasteiger partial charge in [0, 0.05) is 0 Å². The van der Waals surface area contributed by atoms with E-state index in [1.807, 2.05) is 6.92 Å². The molecule has 0 amide bonds. The molecule has 0 saturated heterocycles. The summed E-state index contributed by atoms with van der Waals surface area (Å²) >= 11 is 0. The Bertz CT molecular complexity index is 161. The molecule has 1 atom stereocenters. The Labute approximate surface area is 81.0 Å². The minimum Gasteiger partial charge on any atom is -0.469 e. The normalized spacial score (nSPS) is 13.2. The molecule has 0 aromatic heterocycles. The first-order valence-corrected chi connectivity index (χ1v) is 4.95. The van der Waals surface area contributed by atoms with Crippen molar-refractivity contribution in [2.45, 2.75) is 39.5 Å². The van der Waals surface area contributed by atoms with Crippen LogP contribution >= 0.6 is 0 Å². The maximum atomic E-state index is 11.0. The summed E-state index contributed by atoms with van der Waals surface area (Å²) in [6.45, 7) is 4.06. The Morgan fingerprint density at radius 1 is 1.46 bits per heavy atom. The molecule has 0 aromatic carbocycles. The lowest BCUT2D eigenvalue weighted by Crippen LogP contribution is -2.11. The molecule has 0 fully saturated rings. The van der Waals surface area contributed by atoms with E-state index in [0.717, 1.165) is 12.8 Å². The Hall–Kier alpha value is -0.790. The van der Waals surface area contributed by atoms with E-state index >= 15 is 0 Å². The van der Waals surface area contributed by atoms with Gasteiger partial charge in [0.25, 0.3) is 0 Å². The highest BCUT2D eigenvalue weighted by molar-refractivity contribution is 5.71. The van der Waals surface area contributed by atoms with Crippen LogP contribution in [-0.2, 0) is 9.53 Å². The fourth-order valence-electron chi connectivity index (χ4n) is 1.04. The largest absolute Gasteiger partial charge is 0.469 e. The molecule has 0 aromatic rings. The van der Waals surface area contributed by atoms with Crippen molar-refractivity contribution in [2.24, 2.45) is 5.92 Å². The van der Waals surface area contributed by atoms with Crippen molar-refractivity contribution in [3.05, 3.63) is 12.2 Å². The van der Waals surface area contributed by atoms with Crippen LogP contribution in [0.4, 0.5) is 0 Å². The van der Waals surface area contributed by atoms with Crippen LogP contribution in [0, 0.1) is 5.92 Å². The number of hydrogen-bond acceptors (Lipinski definition) is 2. The molecule has 0 aliphatic heterocycles. The molecule has 0 bridgehead atoms. The maximum absolute atomic E-state index is 11.0. The molecule has 0 aliphatic rings. The van der Waals surface area contributed by atoms with Crippen molar-refractivity contribution >= 4 is 5.97 Å². The van der Waals surface area contributed by atoms with Gasteiger partial charge in [0.05, 0.1) is 13.0 Å². The van der Waals surface area contributed by atoms with Crippen LogP contribution in [0.15, 0.2) is 12.2 Å². The quantitative estimate of drug-likeness (QED) is 0.360. The van der Waals surface area contributed by atoms with Crippen molar-refractivity contribution in [3.63, 3.8) is 0 Å². The lowest BCUT2D eigenvalue weighted by molar-refractivity contribution is -0.144. The van der Waals surface area contributed by atoms with E-state index in [2.05, 4.69) is 23.8 Å². The van der Waals surface area contributed by atoms with Gasteiger partial charge in [0.15, 0.2) is 0 Å². The van der Waals surface area contributed by atoms with E-state index in [-0.39, 0.29) is 11.9 Å². The summed E-state index contributed by atoms with van der Waals surface area (Å²) < 4.78 is 4.62. The number of esters is 1. The summed E-state index contributed by atoms with van der Waals surface area (Å²) in [5.74, 6) is -0.136. The van der Waals surface area contributed by atoms with Crippen LogP contribution in [-0.4, -0.2) is 13.1 Å². The number of allylic oxidation sites excluding steroid dienone is 2. The Morgan fingerprint density at radius 3 is 2.69 bits per heavy atom. The van der Waals surface area contributed by atoms with Crippen molar-refractivity contribution in [3.8, 4) is 0 Å². The summed E-state index contributed by atoms with van der Waals surface area (Å²) in [6.07, 6.45) is 8.56. The number of carbonyl (C=O) groups excluding carboxylic acids is 1. The molecule has 13 heavy (non-hydrogen) atoms. The molecule has 1 unspecified atom stereocenters. The van der Waals surface area contributed by atoms with Gasteiger partial charge in [-0.2, -0.15) is 0 Å². The third kappa shape index (κ3) is 6.38. The van der Waals surface area contributed by atoms with Gasteiger partial charge in [-0.1, -0.05) is 38.8 Å². The summed E-state index contributed by atoms with van der Waals surface area (Å²) in [6, 6.07) is 0. The van der Waals surface area contributed by atoms with E-state index in [1.54, 1.807) is 0 Å². The Balaban J connectivity index is 3.51. The number of hydrogen-bond donors (Lipinski definition) is 0. The third-order valence-electron chi connectivity index (χ3n) is 1.98. The monoisotopic (exact) mass is 184 g/mol. The van der Waals surface area contributed by atoms with Gasteiger partial charge >= 0.3 is 5.97 Å². The number of unbranched alkanes of at least 4 members (excludes halogenated alkanes) is 2. The fraction of sp³-hybridized carbons (Fsp3) is 0.727. The molecule has 0 saturated carbocycles. The first kappa shape index (κ1) is 12.2. The average Bonchev–Trinajstić information content (AvgIpc) is 2.16. The van der Waals surface area contributed by atoms with Crippen molar-refractivity contribution in [2.75, 3.05) is 7.11 Å². The SMILES string of the molecule is CCCC/C=C/CC(C)C(=O)OC. The lowest BCUT2D eigenvalue weighted by atomic mass is 10.1. The number of carbonyl (C=O) groups is 1. The highest BCUT2D eigenvalue weighted by Crippen LogP contribution is 2.05. The number of ether oxygens (including phenoxy) is 1. The second-order valence-corrected chi connectivity index (χ2v) is 3.27. The van der Waals surface area contributed by atoms with Crippen LogP contribution in [0.5, 0.6) is 0 Å². The molecule has 0 rings (SSSR count). The van der Waals surface area contributed by atoms with E-state index in [0.29, 0.717) is 0 Å². The zero-order valence-corrected chi connectivity index (χ0v) is 8.88. The van der Waals surface area contributed by atoms with Crippen LogP contribution < -0.4 is 0 Å². The molecular weight excluding hydrogens is 164 g/mol. The number of rotatable bonds is 6. The van der Waals surface area contributed by atoms with Crippen LogP contribution in [0.25, 0.3) is 0 Å². The summed E-state index contributed by atoms with van der Waals surface area (Å²) in [4.78, 5) is 11.0. The summed E-state index contributed by atoms with van der Waals surface area (Å²) in [7, 11) is 1.43. The zero-order chi connectivity index (χ0) is 10.1. The standard InChI is InChI=1S/C11H20O2/c1-4-5-6-7-8-9-10(2)11(12)13-3/h7-8,10H,4-6,9H2,1-3H3/b8-7+. The molecule has 0 spiro atoms. The third-order valence-corrected chi connectivity index (χ3v) is 1.98. The van der Waals surface area contributed by atoms with Gasteiger partial charge in [0.1, 0.15) is 0 Å². The maximum Gasteiger partial charge on any atom is 0.308 e. The molecule has 2 heteroatoms. The fourth-order valence-corrected chi connectivity index (χ4v) is 1.04. The Kier molecular flexibility index (Phi) is 7.36. The molecular formula is C11H20O2. The second kappa shape index (κ2) is 7.84. The topological polar surface area (TPSA) is 26.3 Å². The van der Waals surface area contributed by atoms with Crippen molar-refractivity contribution in [1.29, 1.82) is 0 Å².